The summed E-state index contributed by atoms with van der Waals surface area (Å²) < 4.78 is 11.4. The molecule has 1 unspecified atom stereocenters. The van der Waals surface area contributed by atoms with Gasteiger partial charge in [0.25, 0.3) is 0 Å². The Labute approximate surface area is 171 Å². The second kappa shape index (κ2) is 9.57. The van der Waals surface area contributed by atoms with E-state index in [1.165, 1.54) is 7.11 Å². The summed E-state index contributed by atoms with van der Waals surface area (Å²) in [5.41, 5.74) is 2.49. The number of carbonyl (C=O) groups is 2. The van der Waals surface area contributed by atoms with Crippen molar-refractivity contribution in [2.24, 2.45) is 0 Å². The summed E-state index contributed by atoms with van der Waals surface area (Å²) in [5, 5.41) is 8.60. The predicted molar refractivity (Wildman–Crippen MR) is 109 cm³/mol. The molecule has 0 aromatic heterocycles. The average molecular weight is 448 g/mol. The number of carbonyl (C=O) groups excluding carboxylic acids is 2. The number of hydrogen-bond donors (Lipinski definition) is 3. The molecule has 2 aromatic carbocycles. The minimum Gasteiger partial charge on any atom is -0.493 e. The number of halogens is 1. The van der Waals surface area contributed by atoms with E-state index in [4.69, 9.17) is 9.47 Å². The van der Waals surface area contributed by atoms with Crippen molar-refractivity contribution in [1.82, 2.24) is 10.6 Å². The summed E-state index contributed by atoms with van der Waals surface area (Å²) in [6.45, 7) is 0.894. The van der Waals surface area contributed by atoms with Gasteiger partial charge >= 0.3 is 6.03 Å². The lowest BCUT2D eigenvalue weighted by Gasteiger charge is -2.27. The molecule has 3 rings (SSSR count). The molecule has 0 fully saturated rings. The summed E-state index contributed by atoms with van der Waals surface area (Å²) in [4.78, 5) is 24.0. The number of nitrogens with one attached hydrogen (secondary N) is 3. The number of anilines is 1. The summed E-state index contributed by atoms with van der Waals surface area (Å²) in [6.07, 6.45) is 0.706. The van der Waals surface area contributed by atoms with E-state index >= 15 is 0 Å². The third kappa shape index (κ3) is 5.46. The normalized spacial score (nSPS) is 15.1. The van der Waals surface area contributed by atoms with Gasteiger partial charge in [-0.1, -0.05) is 28.1 Å². The molecule has 3 N–H and O–H groups in total. The van der Waals surface area contributed by atoms with Gasteiger partial charge in [-0.15, -0.1) is 0 Å². The minimum absolute atomic E-state index is 0.00637. The van der Waals surface area contributed by atoms with Gasteiger partial charge in [0.2, 0.25) is 5.91 Å². The van der Waals surface area contributed by atoms with E-state index in [2.05, 4.69) is 31.9 Å². The molecule has 1 aliphatic rings. The number of hydrogen-bond acceptors (Lipinski definition) is 4. The smallest absolute Gasteiger partial charge is 0.315 e. The number of fused-ring (bicyclic) bond motifs is 1. The molecule has 1 heterocycles. The molecule has 1 aliphatic heterocycles. The fourth-order valence-corrected chi connectivity index (χ4v) is 3.37. The quantitative estimate of drug-likeness (QED) is 0.633. The van der Waals surface area contributed by atoms with Crippen molar-refractivity contribution in [2.75, 3.05) is 25.6 Å². The fraction of sp³-hybridized carbons (Fsp3) is 0.300. The summed E-state index contributed by atoms with van der Waals surface area (Å²) >= 11 is 3.46. The molecule has 1 atom stereocenters. The third-order valence-electron chi connectivity index (χ3n) is 4.26. The second-order valence-corrected chi connectivity index (χ2v) is 7.30. The van der Waals surface area contributed by atoms with Crippen molar-refractivity contribution in [2.45, 2.75) is 19.0 Å². The number of ether oxygens (including phenoxy) is 2. The molecule has 0 saturated heterocycles. The zero-order valence-corrected chi connectivity index (χ0v) is 17.0. The van der Waals surface area contributed by atoms with Crippen molar-refractivity contribution in [3.8, 4) is 5.75 Å². The molecular weight excluding hydrogens is 426 g/mol. The third-order valence-corrected chi connectivity index (χ3v) is 4.75. The molecule has 2 aromatic rings. The Hall–Kier alpha value is -2.58. The molecule has 0 aliphatic carbocycles. The molecule has 0 bridgehead atoms. The Balaban J connectivity index is 1.56. The topological polar surface area (TPSA) is 88.7 Å². The van der Waals surface area contributed by atoms with Gasteiger partial charge in [0.1, 0.15) is 12.4 Å². The number of amides is 3. The molecular formula is C20H22BrN3O4. The van der Waals surface area contributed by atoms with Crippen LogP contribution in [0.5, 0.6) is 5.75 Å². The van der Waals surface area contributed by atoms with Crippen molar-refractivity contribution in [3.63, 3.8) is 0 Å². The molecule has 7 nitrogen and oxygen atoms in total. The molecule has 148 valence electrons. The van der Waals surface area contributed by atoms with Crippen LogP contribution in [0.4, 0.5) is 10.5 Å². The van der Waals surface area contributed by atoms with Crippen molar-refractivity contribution >= 4 is 33.6 Å². The van der Waals surface area contributed by atoms with Crippen LogP contribution in [0.25, 0.3) is 0 Å². The zero-order chi connectivity index (χ0) is 19.9. The Morgan fingerprint density at radius 1 is 1.25 bits per heavy atom. The molecule has 0 spiro atoms. The SMILES string of the molecule is COCC(=O)Nc1cccc(CNC(=O)NC2CCOc3ccc(Br)cc32)c1. The van der Waals surface area contributed by atoms with Crippen LogP contribution in [-0.4, -0.2) is 32.3 Å². The van der Waals surface area contributed by atoms with Crippen LogP contribution in [0.15, 0.2) is 46.9 Å². The van der Waals surface area contributed by atoms with Gasteiger partial charge in [-0.25, -0.2) is 4.79 Å². The van der Waals surface area contributed by atoms with Gasteiger partial charge in [-0.05, 0) is 35.9 Å². The Kier molecular flexibility index (Phi) is 6.89. The number of methoxy groups -OCH3 is 1. The van der Waals surface area contributed by atoms with Gasteiger partial charge in [0, 0.05) is 35.8 Å². The molecule has 0 saturated carbocycles. The Morgan fingerprint density at radius 2 is 2.11 bits per heavy atom. The van der Waals surface area contributed by atoms with Crippen molar-refractivity contribution in [3.05, 3.63) is 58.1 Å². The van der Waals surface area contributed by atoms with Gasteiger partial charge < -0.3 is 25.4 Å². The first-order chi connectivity index (χ1) is 13.5. The minimum atomic E-state index is -0.258. The van der Waals surface area contributed by atoms with E-state index in [0.717, 1.165) is 21.3 Å². The Bertz CT molecular complexity index is 859. The maximum absolute atomic E-state index is 12.4. The van der Waals surface area contributed by atoms with Crippen LogP contribution in [0.1, 0.15) is 23.6 Å². The monoisotopic (exact) mass is 447 g/mol. The van der Waals surface area contributed by atoms with Crippen LogP contribution in [0.2, 0.25) is 0 Å². The predicted octanol–water partition coefficient (Wildman–Crippen LogP) is 3.36. The number of benzene rings is 2. The van der Waals surface area contributed by atoms with E-state index in [0.29, 0.717) is 25.3 Å². The molecule has 28 heavy (non-hydrogen) atoms. The van der Waals surface area contributed by atoms with Crippen LogP contribution < -0.4 is 20.7 Å². The van der Waals surface area contributed by atoms with Gasteiger partial charge in [0.05, 0.1) is 12.6 Å². The van der Waals surface area contributed by atoms with Crippen LogP contribution >= 0.6 is 15.9 Å². The lowest BCUT2D eigenvalue weighted by molar-refractivity contribution is -0.119. The van der Waals surface area contributed by atoms with Crippen molar-refractivity contribution in [1.29, 1.82) is 0 Å². The maximum atomic E-state index is 12.4. The number of urea groups is 1. The average Bonchev–Trinajstić information content (AvgIpc) is 2.67. The van der Waals surface area contributed by atoms with E-state index in [1.807, 2.05) is 36.4 Å². The number of rotatable bonds is 6. The standard InChI is InChI=1S/C20H22BrN3O4/c1-27-12-19(25)23-15-4-2-3-13(9-15)11-22-20(26)24-17-7-8-28-18-6-5-14(21)10-16(17)18/h2-6,9-10,17H,7-8,11-12H2,1H3,(H,23,25)(H2,22,24,26). The maximum Gasteiger partial charge on any atom is 0.315 e. The van der Waals surface area contributed by atoms with E-state index in [1.54, 1.807) is 6.07 Å². The highest BCUT2D eigenvalue weighted by atomic mass is 79.9. The first-order valence-corrected chi connectivity index (χ1v) is 9.69. The Morgan fingerprint density at radius 3 is 2.93 bits per heavy atom. The summed E-state index contributed by atoms with van der Waals surface area (Å²) in [7, 11) is 1.47. The summed E-state index contributed by atoms with van der Waals surface area (Å²) in [5.74, 6) is 0.564. The van der Waals surface area contributed by atoms with Crippen molar-refractivity contribution < 1.29 is 19.1 Å². The lowest BCUT2D eigenvalue weighted by atomic mass is 10.0. The van der Waals surface area contributed by atoms with Crippen LogP contribution in [0, 0.1) is 0 Å². The fourth-order valence-electron chi connectivity index (χ4n) is 2.99. The summed E-state index contributed by atoms with van der Waals surface area (Å²) in [6, 6.07) is 12.7. The molecule has 8 heteroatoms. The van der Waals surface area contributed by atoms with Gasteiger partial charge in [-0.2, -0.15) is 0 Å². The largest absolute Gasteiger partial charge is 0.493 e. The first-order valence-electron chi connectivity index (χ1n) is 8.89. The molecule has 3 amide bonds. The first kappa shape index (κ1) is 20.2. The highest BCUT2D eigenvalue weighted by molar-refractivity contribution is 9.10. The van der Waals surface area contributed by atoms with Crippen LogP contribution in [-0.2, 0) is 16.1 Å². The van der Waals surface area contributed by atoms with E-state index in [9.17, 15) is 9.59 Å². The molecule has 0 radical (unpaired) electrons. The van der Waals surface area contributed by atoms with Crippen LogP contribution in [0.3, 0.4) is 0 Å². The van der Waals surface area contributed by atoms with E-state index in [-0.39, 0.29) is 24.6 Å². The second-order valence-electron chi connectivity index (χ2n) is 6.38. The lowest BCUT2D eigenvalue weighted by Crippen LogP contribution is -2.39. The highest BCUT2D eigenvalue weighted by Crippen LogP contribution is 2.34. The zero-order valence-electron chi connectivity index (χ0n) is 15.5. The van der Waals surface area contributed by atoms with Gasteiger partial charge in [0.15, 0.2) is 0 Å². The van der Waals surface area contributed by atoms with E-state index < -0.39 is 0 Å². The van der Waals surface area contributed by atoms with Gasteiger partial charge in [-0.3, -0.25) is 4.79 Å². The highest BCUT2D eigenvalue weighted by Gasteiger charge is 2.23.